The topological polar surface area (TPSA) is 95.7 Å². The van der Waals surface area contributed by atoms with Gasteiger partial charge in [0.15, 0.2) is 9.84 Å². The summed E-state index contributed by atoms with van der Waals surface area (Å²) in [6.07, 6.45) is 0. The molecule has 0 heterocycles. The van der Waals surface area contributed by atoms with Crippen molar-refractivity contribution in [3.05, 3.63) is 59.1 Å². The number of rotatable bonds is 7. The lowest BCUT2D eigenvalue weighted by Crippen LogP contribution is -2.33. The molecule has 2 N–H and O–H groups in total. The van der Waals surface area contributed by atoms with Crippen molar-refractivity contribution in [1.82, 2.24) is 0 Å². The summed E-state index contributed by atoms with van der Waals surface area (Å²) >= 11 is 5.88. The van der Waals surface area contributed by atoms with E-state index in [1.807, 2.05) is 0 Å². The Bertz CT molecular complexity index is 959. The van der Waals surface area contributed by atoms with Gasteiger partial charge in [0.25, 0.3) is 0 Å². The predicted molar refractivity (Wildman–Crippen MR) is 106 cm³/mol. The maximum absolute atomic E-state index is 13.4. The molecule has 2 aromatic carbocycles. The molecule has 0 aliphatic heterocycles. The van der Waals surface area contributed by atoms with Gasteiger partial charge in [-0.1, -0.05) is 23.7 Å². The van der Waals surface area contributed by atoms with Crippen LogP contribution in [0.2, 0.25) is 5.02 Å². The molecule has 150 valence electrons. The van der Waals surface area contributed by atoms with Crippen LogP contribution < -0.4 is 10.5 Å². The highest BCUT2D eigenvalue weighted by Crippen LogP contribution is 2.64. The molecule has 1 saturated carbocycles. The number of hydrogen-bond donors (Lipinski definition) is 1. The molecule has 6 nitrogen and oxygen atoms in total. The Balaban J connectivity index is 2.09. The molecular formula is C20H22ClNO5S. The molecule has 0 radical (unpaired) electrons. The van der Waals surface area contributed by atoms with Crippen LogP contribution in [0.4, 0.5) is 0 Å². The van der Waals surface area contributed by atoms with Crippen LogP contribution in [0.3, 0.4) is 0 Å². The monoisotopic (exact) mass is 423 g/mol. The van der Waals surface area contributed by atoms with Crippen molar-refractivity contribution >= 4 is 27.4 Å². The van der Waals surface area contributed by atoms with Crippen molar-refractivity contribution in [1.29, 1.82) is 0 Å². The number of carbonyl (C=O) groups excluding carboxylic acids is 1. The number of esters is 1. The number of hydrogen-bond acceptors (Lipinski definition) is 6. The third-order valence-electron chi connectivity index (χ3n) is 5.20. The molecule has 0 spiro atoms. The van der Waals surface area contributed by atoms with E-state index in [1.165, 1.54) is 24.3 Å². The van der Waals surface area contributed by atoms with Crippen LogP contribution in [-0.2, 0) is 19.4 Å². The van der Waals surface area contributed by atoms with Crippen molar-refractivity contribution in [3.8, 4) is 5.75 Å². The summed E-state index contributed by atoms with van der Waals surface area (Å²) < 4.78 is 37.1. The Kier molecular flexibility index (Phi) is 5.70. The number of halogens is 1. The van der Waals surface area contributed by atoms with Crippen LogP contribution in [0.25, 0.3) is 0 Å². The van der Waals surface area contributed by atoms with Gasteiger partial charge in [0.05, 0.1) is 23.9 Å². The highest BCUT2D eigenvalue weighted by molar-refractivity contribution is 7.92. The minimum atomic E-state index is -3.85. The lowest BCUT2D eigenvalue weighted by molar-refractivity contribution is -0.149. The first kappa shape index (κ1) is 20.6. The maximum Gasteiger partial charge on any atom is 0.315 e. The fourth-order valence-electron chi connectivity index (χ4n) is 3.75. The zero-order chi connectivity index (χ0) is 20.5. The molecule has 8 heteroatoms. The largest absolute Gasteiger partial charge is 0.497 e. The van der Waals surface area contributed by atoms with Gasteiger partial charge in [-0.15, -0.1) is 0 Å². The van der Waals surface area contributed by atoms with E-state index in [1.54, 1.807) is 38.3 Å². The normalized spacial score (nSPS) is 23.9. The van der Waals surface area contributed by atoms with Crippen LogP contribution in [-0.4, -0.2) is 39.9 Å². The molecular weight excluding hydrogens is 402 g/mol. The number of methoxy groups -OCH3 is 1. The summed E-state index contributed by atoms with van der Waals surface area (Å²) in [5.74, 6) is -0.569. The molecule has 3 unspecified atom stereocenters. The van der Waals surface area contributed by atoms with E-state index in [4.69, 9.17) is 26.8 Å². The predicted octanol–water partition coefficient (Wildman–Crippen LogP) is 2.80. The number of benzene rings is 2. The molecule has 28 heavy (non-hydrogen) atoms. The Labute approximate surface area is 169 Å². The quantitative estimate of drug-likeness (QED) is 0.688. The second-order valence-electron chi connectivity index (χ2n) is 6.64. The Hall–Kier alpha value is -2.09. The van der Waals surface area contributed by atoms with E-state index in [9.17, 15) is 13.2 Å². The standard InChI is InChI=1S/C20H22ClNO5S/c1-3-27-19(23)20(12-22)17(13-4-8-15(26-2)9-5-13)18(20)28(24,25)16-10-6-14(21)7-11-16/h4-11,17-18H,3,12,22H2,1-2H3. The number of carbonyl (C=O) groups is 1. The van der Waals surface area contributed by atoms with Gasteiger partial charge >= 0.3 is 5.97 Å². The van der Waals surface area contributed by atoms with E-state index >= 15 is 0 Å². The number of nitrogens with two attached hydrogens (primary N) is 1. The second kappa shape index (κ2) is 7.73. The van der Waals surface area contributed by atoms with E-state index in [0.717, 1.165) is 0 Å². The zero-order valence-corrected chi connectivity index (χ0v) is 17.2. The van der Waals surface area contributed by atoms with Crippen molar-refractivity contribution in [2.24, 2.45) is 11.1 Å². The minimum absolute atomic E-state index is 0.0973. The van der Waals surface area contributed by atoms with Gasteiger partial charge in [-0.2, -0.15) is 0 Å². The van der Waals surface area contributed by atoms with Crippen LogP contribution in [0.5, 0.6) is 5.75 Å². The van der Waals surface area contributed by atoms with Crippen LogP contribution in [0, 0.1) is 5.41 Å². The Morgan fingerprint density at radius 2 is 1.75 bits per heavy atom. The number of sulfone groups is 1. The molecule has 0 aromatic heterocycles. The van der Waals surface area contributed by atoms with Crippen LogP contribution in [0.15, 0.2) is 53.4 Å². The van der Waals surface area contributed by atoms with Crippen LogP contribution >= 0.6 is 11.6 Å². The Morgan fingerprint density at radius 3 is 2.25 bits per heavy atom. The molecule has 0 saturated heterocycles. The first-order valence-corrected chi connectivity index (χ1v) is 10.8. The van der Waals surface area contributed by atoms with Gasteiger partial charge in [0, 0.05) is 17.5 Å². The first-order valence-electron chi connectivity index (χ1n) is 8.83. The summed E-state index contributed by atoms with van der Waals surface area (Å²) in [5.41, 5.74) is 5.33. The summed E-state index contributed by atoms with van der Waals surface area (Å²) in [4.78, 5) is 12.9. The molecule has 1 aliphatic carbocycles. The molecule has 3 rings (SSSR count). The third-order valence-corrected chi connectivity index (χ3v) is 7.74. The molecule has 1 aliphatic rings. The third kappa shape index (κ3) is 3.27. The van der Waals surface area contributed by atoms with Gasteiger partial charge in [0.2, 0.25) is 0 Å². The van der Waals surface area contributed by atoms with Crippen molar-refractivity contribution < 1.29 is 22.7 Å². The smallest absolute Gasteiger partial charge is 0.315 e. The fraction of sp³-hybridized carbons (Fsp3) is 0.350. The molecule has 1 fully saturated rings. The minimum Gasteiger partial charge on any atom is -0.497 e. The van der Waals surface area contributed by atoms with E-state index in [0.29, 0.717) is 16.3 Å². The van der Waals surface area contributed by atoms with Crippen LogP contribution in [0.1, 0.15) is 18.4 Å². The molecule has 0 bridgehead atoms. The van der Waals surface area contributed by atoms with Gasteiger partial charge in [-0.25, -0.2) is 8.42 Å². The zero-order valence-electron chi connectivity index (χ0n) is 15.6. The lowest BCUT2D eigenvalue weighted by Gasteiger charge is -2.14. The highest BCUT2D eigenvalue weighted by Gasteiger charge is 2.75. The van der Waals surface area contributed by atoms with Gasteiger partial charge < -0.3 is 15.2 Å². The summed E-state index contributed by atoms with van der Waals surface area (Å²) in [6, 6.07) is 12.9. The van der Waals surface area contributed by atoms with Gasteiger partial charge in [-0.3, -0.25) is 4.79 Å². The van der Waals surface area contributed by atoms with Crippen molar-refractivity contribution in [3.63, 3.8) is 0 Å². The molecule has 0 amide bonds. The number of ether oxygens (including phenoxy) is 2. The van der Waals surface area contributed by atoms with Crippen molar-refractivity contribution in [2.75, 3.05) is 20.3 Å². The Morgan fingerprint density at radius 1 is 1.14 bits per heavy atom. The fourth-order valence-corrected chi connectivity index (χ4v) is 6.26. The summed E-state index contributed by atoms with van der Waals surface area (Å²) in [5, 5.41) is -0.587. The average molecular weight is 424 g/mol. The summed E-state index contributed by atoms with van der Waals surface area (Å²) in [6.45, 7) is 1.68. The van der Waals surface area contributed by atoms with E-state index in [-0.39, 0.29) is 18.0 Å². The molecule has 2 aromatic rings. The highest BCUT2D eigenvalue weighted by atomic mass is 35.5. The first-order chi connectivity index (χ1) is 13.3. The lowest BCUT2D eigenvalue weighted by atomic mass is 9.99. The maximum atomic E-state index is 13.4. The van der Waals surface area contributed by atoms with E-state index in [2.05, 4.69) is 0 Å². The van der Waals surface area contributed by atoms with E-state index < -0.39 is 32.4 Å². The van der Waals surface area contributed by atoms with Gasteiger partial charge in [-0.05, 0) is 48.9 Å². The SMILES string of the molecule is CCOC(=O)C1(CN)C(c2ccc(OC)cc2)C1S(=O)(=O)c1ccc(Cl)cc1. The summed E-state index contributed by atoms with van der Waals surface area (Å²) in [7, 11) is -2.30. The second-order valence-corrected chi connectivity index (χ2v) is 9.14. The average Bonchev–Trinajstić information content (AvgIpc) is 3.40. The van der Waals surface area contributed by atoms with Gasteiger partial charge in [0.1, 0.15) is 11.2 Å². The van der Waals surface area contributed by atoms with Crippen molar-refractivity contribution in [2.45, 2.75) is 23.0 Å². The molecule has 3 atom stereocenters.